The number of carboxylic acid groups (broad SMARTS) is 1. The maximum atomic E-state index is 12.5. The van der Waals surface area contributed by atoms with E-state index in [4.69, 9.17) is 19.7 Å². The van der Waals surface area contributed by atoms with E-state index in [9.17, 15) is 23.1 Å². The molecule has 0 saturated heterocycles. The topological polar surface area (TPSA) is 209 Å². The van der Waals surface area contributed by atoms with E-state index in [0.717, 1.165) is 11.3 Å². The minimum Gasteiger partial charge on any atom is -0.491 e. The maximum Gasteiger partial charge on any atom is 0.326 e. The van der Waals surface area contributed by atoms with E-state index in [0.29, 0.717) is 33.0 Å². The number of carboxylic acids is 1. The summed E-state index contributed by atoms with van der Waals surface area (Å²) in [5.41, 5.74) is 1.56. The van der Waals surface area contributed by atoms with Crippen LogP contribution in [0.25, 0.3) is 10.2 Å². The molecule has 2 aromatic heterocycles. The number of nitrogens with one attached hydrogen (secondary N) is 1. The summed E-state index contributed by atoms with van der Waals surface area (Å²) in [6.07, 6.45) is 1.55. The van der Waals surface area contributed by atoms with Crippen molar-refractivity contribution in [3.63, 3.8) is 0 Å². The molecule has 39 heavy (non-hydrogen) atoms. The summed E-state index contributed by atoms with van der Waals surface area (Å²) < 4.78 is 35.6. The summed E-state index contributed by atoms with van der Waals surface area (Å²) in [6, 6.07) is 10.4. The van der Waals surface area contributed by atoms with Gasteiger partial charge < -0.3 is 25.0 Å². The minimum absolute atomic E-state index is 0.0176. The van der Waals surface area contributed by atoms with Crippen LogP contribution in [0.3, 0.4) is 0 Å². The van der Waals surface area contributed by atoms with Crippen molar-refractivity contribution in [1.29, 1.82) is 0 Å². The predicted molar refractivity (Wildman–Crippen MR) is 138 cm³/mol. The molecule has 0 unspecified atom stereocenters. The second-order valence-corrected chi connectivity index (χ2v) is 11.0. The van der Waals surface area contributed by atoms with Gasteiger partial charge in [-0.2, -0.15) is 0 Å². The third-order valence-corrected chi connectivity index (χ3v) is 7.56. The zero-order chi connectivity index (χ0) is 28.0. The number of thiazole rings is 1. The van der Waals surface area contributed by atoms with Gasteiger partial charge in [0.2, 0.25) is 10.2 Å². The van der Waals surface area contributed by atoms with Gasteiger partial charge in [-0.3, -0.25) is 4.79 Å². The van der Waals surface area contributed by atoms with Gasteiger partial charge in [-0.1, -0.05) is 17.3 Å². The molecule has 2 aromatic carbocycles. The van der Waals surface area contributed by atoms with E-state index >= 15 is 0 Å². The normalized spacial score (nSPS) is 12.3. The summed E-state index contributed by atoms with van der Waals surface area (Å²) in [6.45, 7) is -0.210. The van der Waals surface area contributed by atoms with Crippen molar-refractivity contribution < 1.29 is 37.7 Å². The van der Waals surface area contributed by atoms with E-state index in [2.05, 4.69) is 20.6 Å². The Labute approximate surface area is 226 Å². The lowest BCUT2D eigenvalue weighted by molar-refractivity contribution is -0.141. The summed E-state index contributed by atoms with van der Waals surface area (Å²) in [4.78, 5) is 28.2. The highest BCUT2D eigenvalue weighted by atomic mass is 32.2. The number of carbonyl (C=O) groups excluding carboxylic acids is 1. The number of rotatable bonds is 13. The lowest BCUT2D eigenvalue weighted by atomic mass is 10.1. The zero-order valence-electron chi connectivity index (χ0n) is 20.3. The van der Waals surface area contributed by atoms with Crippen LogP contribution in [0.1, 0.15) is 11.3 Å². The third kappa shape index (κ3) is 7.70. The number of nitrogens with zero attached hydrogens (tertiary/aromatic N) is 4. The van der Waals surface area contributed by atoms with Crippen LogP contribution in [-0.4, -0.2) is 69.7 Å². The molecular formula is C23H24N6O8S2. The van der Waals surface area contributed by atoms with E-state index in [1.807, 2.05) is 0 Å². The van der Waals surface area contributed by atoms with Crippen molar-refractivity contribution in [3.8, 4) is 11.5 Å². The molecule has 5 N–H and O–H groups in total. The number of sulfonamides is 1. The van der Waals surface area contributed by atoms with E-state index in [1.165, 1.54) is 10.9 Å². The molecule has 1 amide bonds. The van der Waals surface area contributed by atoms with Gasteiger partial charge in [-0.15, -0.1) is 16.4 Å². The number of amides is 1. The number of fused-ring (bicyclic) bond motifs is 1. The number of aliphatic hydroxyl groups is 1. The molecule has 0 bridgehead atoms. The average molecular weight is 577 g/mol. The number of hydrogen-bond acceptors (Lipinski definition) is 11. The number of hydrogen-bond donors (Lipinski definition) is 4. The van der Waals surface area contributed by atoms with Crippen LogP contribution in [0.2, 0.25) is 0 Å². The molecule has 14 nitrogen and oxygen atoms in total. The fourth-order valence-corrected chi connectivity index (χ4v) is 5.13. The van der Waals surface area contributed by atoms with Crippen molar-refractivity contribution in [1.82, 2.24) is 25.3 Å². The Morgan fingerprint density at radius 3 is 2.56 bits per heavy atom. The van der Waals surface area contributed by atoms with E-state index < -0.39 is 27.9 Å². The SMILES string of the molecule is NS(=O)(=O)c1nc2ccc(OCc3cn(CC(=O)N[C@@H](Cc4ccc(OCCO)cc4)C(=O)O)nn3)cc2s1. The van der Waals surface area contributed by atoms with Gasteiger partial charge in [-0.25, -0.2) is 28.0 Å². The number of nitrogens with two attached hydrogens (primary N) is 1. The number of aliphatic carboxylic acids is 1. The van der Waals surface area contributed by atoms with Crippen molar-refractivity contribution in [3.05, 3.63) is 59.9 Å². The Kier molecular flexibility index (Phi) is 8.70. The molecule has 0 saturated carbocycles. The standard InChI is InChI=1S/C23H24N6O8S2/c24-39(34,35)23-26-18-6-5-17(10-20(18)38-23)37-13-15-11-29(28-27-15)12-21(31)25-19(22(32)33)9-14-1-3-16(4-2-14)36-8-7-30/h1-6,10-11,19,30H,7-9,12-13H2,(H,25,31)(H,32,33)(H2,24,34,35)/t19-/m0/s1. The maximum absolute atomic E-state index is 12.5. The Morgan fingerprint density at radius 1 is 1.13 bits per heavy atom. The first-order chi connectivity index (χ1) is 18.6. The first-order valence-corrected chi connectivity index (χ1v) is 13.8. The zero-order valence-corrected chi connectivity index (χ0v) is 21.9. The fourth-order valence-electron chi connectivity index (χ4n) is 3.44. The Hall–Kier alpha value is -4.12. The van der Waals surface area contributed by atoms with Crippen LogP contribution in [-0.2, 0) is 39.2 Å². The quantitative estimate of drug-likeness (QED) is 0.170. The van der Waals surface area contributed by atoms with E-state index in [-0.39, 0.29) is 37.1 Å². The second kappa shape index (κ2) is 12.2. The van der Waals surface area contributed by atoms with Crippen LogP contribution < -0.4 is 19.9 Å². The van der Waals surface area contributed by atoms with Gasteiger partial charge in [0.05, 0.1) is 23.0 Å². The largest absolute Gasteiger partial charge is 0.491 e. The number of ether oxygens (including phenoxy) is 2. The molecule has 4 rings (SSSR count). The smallest absolute Gasteiger partial charge is 0.326 e. The van der Waals surface area contributed by atoms with Gasteiger partial charge in [0.15, 0.2) is 0 Å². The lowest BCUT2D eigenvalue weighted by Crippen LogP contribution is -2.43. The summed E-state index contributed by atoms with van der Waals surface area (Å²) in [5, 5.41) is 33.8. The van der Waals surface area contributed by atoms with Crippen LogP contribution in [0, 0.1) is 0 Å². The predicted octanol–water partition coefficient (Wildman–Crippen LogP) is 0.297. The van der Waals surface area contributed by atoms with Crippen LogP contribution in [0.5, 0.6) is 11.5 Å². The first kappa shape index (κ1) is 27.9. The summed E-state index contributed by atoms with van der Waals surface area (Å²) >= 11 is 0.925. The molecule has 0 radical (unpaired) electrons. The molecule has 16 heteroatoms. The molecule has 4 aromatic rings. The molecular weight excluding hydrogens is 552 g/mol. The molecule has 0 aliphatic carbocycles. The van der Waals surface area contributed by atoms with Gasteiger partial charge in [0, 0.05) is 6.42 Å². The fraction of sp³-hybridized carbons (Fsp3) is 0.261. The molecule has 1 atom stereocenters. The summed E-state index contributed by atoms with van der Waals surface area (Å²) in [7, 11) is -3.90. The van der Waals surface area contributed by atoms with E-state index in [1.54, 1.807) is 42.5 Å². The highest BCUT2D eigenvalue weighted by Gasteiger charge is 2.21. The highest BCUT2D eigenvalue weighted by molar-refractivity contribution is 7.91. The number of aliphatic hydroxyl groups excluding tert-OH is 1. The Balaban J connectivity index is 1.30. The second-order valence-electron chi connectivity index (χ2n) is 8.23. The average Bonchev–Trinajstić information content (AvgIpc) is 3.53. The van der Waals surface area contributed by atoms with Gasteiger partial charge in [0.25, 0.3) is 10.0 Å². The van der Waals surface area contributed by atoms with Crippen molar-refractivity contribution in [2.45, 2.75) is 30.0 Å². The van der Waals surface area contributed by atoms with Crippen LogP contribution in [0.15, 0.2) is 53.0 Å². The minimum atomic E-state index is -3.90. The van der Waals surface area contributed by atoms with Crippen LogP contribution >= 0.6 is 11.3 Å². The van der Waals surface area contributed by atoms with Crippen molar-refractivity contribution >= 4 is 43.5 Å². The first-order valence-electron chi connectivity index (χ1n) is 11.4. The molecule has 0 fully saturated rings. The van der Waals surface area contributed by atoms with Gasteiger partial charge >= 0.3 is 5.97 Å². The number of benzene rings is 2. The third-order valence-electron chi connectivity index (χ3n) is 5.22. The molecule has 0 spiro atoms. The number of aromatic nitrogens is 4. The number of primary sulfonamides is 1. The monoisotopic (exact) mass is 576 g/mol. The molecule has 0 aliphatic rings. The molecule has 206 valence electrons. The molecule has 2 heterocycles. The van der Waals surface area contributed by atoms with Crippen molar-refractivity contribution in [2.24, 2.45) is 5.14 Å². The number of carbonyl (C=O) groups is 2. The summed E-state index contributed by atoms with van der Waals surface area (Å²) in [5.74, 6) is -0.777. The molecule has 0 aliphatic heterocycles. The van der Waals surface area contributed by atoms with Crippen LogP contribution in [0.4, 0.5) is 0 Å². The van der Waals surface area contributed by atoms with Gasteiger partial charge in [-0.05, 0) is 35.9 Å². The van der Waals surface area contributed by atoms with Crippen molar-refractivity contribution in [2.75, 3.05) is 13.2 Å². The Morgan fingerprint density at radius 2 is 1.87 bits per heavy atom. The van der Waals surface area contributed by atoms with Gasteiger partial charge in [0.1, 0.15) is 43.0 Å². The highest BCUT2D eigenvalue weighted by Crippen LogP contribution is 2.28. The Bertz CT molecular complexity index is 1570. The lowest BCUT2D eigenvalue weighted by Gasteiger charge is -2.15.